The average Bonchev–Trinajstić information content (AvgIpc) is 4.02. The Morgan fingerprint density at radius 1 is 0.337 bits per heavy atom. The molecule has 1 aromatic heterocycles. The lowest BCUT2D eigenvalue weighted by molar-refractivity contribution is -0.167. The molecule has 0 unspecified atom stereocenters. The van der Waals surface area contributed by atoms with Crippen LogP contribution in [0.15, 0.2) is 59.3 Å². The van der Waals surface area contributed by atoms with E-state index >= 15 is 0 Å². The van der Waals surface area contributed by atoms with Gasteiger partial charge in [-0.3, -0.25) is 14.4 Å². The smallest absolute Gasteiger partial charge is 0.306 e. The third kappa shape index (κ3) is 66.3. The normalized spacial score (nSPS) is 11.6. The van der Waals surface area contributed by atoms with Crippen LogP contribution in [0.1, 0.15) is 387 Å². The lowest BCUT2D eigenvalue weighted by atomic mass is 10.0. The summed E-state index contributed by atoms with van der Waals surface area (Å²) < 4.78 is 22.2. The first kappa shape index (κ1) is 79.9. The Morgan fingerprint density at radius 2 is 0.590 bits per heavy atom. The summed E-state index contributed by atoms with van der Waals surface area (Å²) in [5.74, 6) is 0.253. The van der Waals surface area contributed by atoms with Crippen LogP contribution in [0.3, 0.4) is 0 Å². The van der Waals surface area contributed by atoms with Crippen LogP contribution in [-0.4, -0.2) is 37.2 Å². The minimum absolute atomic E-state index is 0.0806. The number of hydrogen-bond donors (Lipinski definition) is 0. The second-order valence-electron chi connectivity index (χ2n) is 24.6. The maximum absolute atomic E-state index is 12.8. The Balaban J connectivity index is 0.00000280. The van der Waals surface area contributed by atoms with Gasteiger partial charge in [-0.25, -0.2) is 0 Å². The van der Waals surface area contributed by atoms with Crippen LogP contribution in [0.25, 0.3) is 0 Å². The quantitative estimate of drug-likeness (QED) is 0.0278. The summed E-state index contributed by atoms with van der Waals surface area (Å²) in [7, 11) is 0. The molecule has 0 bridgehead atoms. The Kier molecular flexibility index (Phi) is 67.1. The lowest BCUT2D eigenvalue weighted by Crippen LogP contribution is -2.30. The van der Waals surface area contributed by atoms with Crippen LogP contribution in [-0.2, 0) is 35.0 Å². The Labute approximate surface area is 515 Å². The van der Waals surface area contributed by atoms with E-state index in [1.807, 2.05) is 6.07 Å². The number of unbranched alkanes of at least 4 members (excludes halogenated alkanes) is 45. The van der Waals surface area contributed by atoms with E-state index in [2.05, 4.69) is 70.2 Å². The maximum atomic E-state index is 12.8. The van der Waals surface area contributed by atoms with Crippen molar-refractivity contribution >= 4 is 17.9 Å². The Morgan fingerprint density at radius 3 is 0.867 bits per heavy atom. The van der Waals surface area contributed by atoms with Crippen molar-refractivity contribution in [1.82, 2.24) is 0 Å². The van der Waals surface area contributed by atoms with E-state index in [4.69, 9.17) is 18.6 Å². The van der Waals surface area contributed by atoms with E-state index in [0.29, 0.717) is 19.3 Å². The highest BCUT2D eigenvalue weighted by Gasteiger charge is 2.19. The number of ether oxygens (including phenoxy) is 3. The number of carbonyl (C=O) groups excluding carboxylic acids is 3. The topological polar surface area (TPSA) is 92.0 Å². The second-order valence-corrected chi connectivity index (χ2v) is 24.6. The van der Waals surface area contributed by atoms with Crippen molar-refractivity contribution in [1.29, 1.82) is 0 Å². The summed E-state index contributed by atoms with van der Waals surface area (Å²) in [6, 6.07) is 4.07. The van der Waals surface area contributed by atoms with Gasteiger partial charge in [0.2, 0.25) is 0 Å². The zero-order valence-electron chi connectivity index (χ0n) is 55.6. The summed E-state index contributed by atoms with van der Waals surface area (Å²) >= 11 is 0. The van der Waals surface area contributed by atoms with E-state index in [0.717, 1.165) is 89.2 Å². The first-order valence-corrected chi connectivity index (χ1v) is 36.4. The van der Waals surface area contributed by atoms with Gasteiger partial charge < -0.3 is 18.6 Å². The second kappa shape index (κ2) is 69.7. The van der Waals surface area contributed by atoms with Crippen LogP contribution >= 0.6 is 0 Å². The van der Waals surface area contributed by atoms with Gasteiger partial charge in [-0.1, -0.05) is 295 Å². The number of esters is 3. The first-order chi connectivity index (χ1) is 41.0. The number of hydrogen-bond acceptors (Lipinski definition) is 7. The number of aryl methyl sites for hydroxylation is 1. The molecule has 0 aliphatic rings. The molecular weight excluding hydrogens is 1020 g/mol. The van der Waals surface area contributed by atoms with E-state index in [1.165, 1.54) is 257 Å². The molecule has 0 aliphatic carbocycles. The van der Waals surface area contributed by atoms with Crippen molar-refractivity contribution in [2.24, 2.45) is 0 Å². The molecule has 1 aromatic rings. The summed E-state index contributed by atoms with van der Waals surface area (Å²) in [4.78, 5) is 38.0. The molecule has 1 heterocycles. The monoisotopic (exact) mass is 1160 g/mol. The molecule has 7 heteroatoms. The van der Waals surface area contributed by atoms with Crippen molar-refractivity contribution in [3.8, 4) is 0 Å². The van der Waals surface area contributed by atoms with Gasteiger partial charge in [-0.05, 0) is 115 Å². The van der Waals surface area contributed by atoms with Gasteiger partial charge >= 0.3 is 17.9 Å². The van der Waals surface area contributed by atoms with Crippen molar-refractivity contribution in [2.75, 3.05) is 13.2 Å². The fourth-order valence-corrected chi connectivity index (χ4v) is 10.7. The van der Waals surface area contributed by atoms with Crippen molar-refractivity contribution in [2.45, 2.75) is 393 Å². The van der Waals surface area contributed by atoms with Gasteiger partial charge in [-0.15, -0.1) is 0 Å². The summed E-state index contributed by atoms with van der Waals surface area (Å²) in [6.07, 6.45) is 82.6. The molecule has 0 amide bonds. The summed E-state index contributed by atoms with van der Waals surface area (Å²) in [5.41, 5.74) is 0. The van der Waals surface area contributed by atoms with Gasteiger partial charge in [0.25, 0.3) is 0 Å². The molecule has 83 heavy (non-hydrogen) atoms. The SMILES string of the molecule is CCCCCCCC/C=C/CCCCCCCC(=O)OCC(COC(=O)CCCCCCC/C=C/CCCCCCCC)OC(=O)CCCCCCC/C=C/CCCCCCCC.CCCCCCCCCCCCCCCc1ccco1. The van der Waals surface area contributed by atoms with E-state index < -0.39 is 6.10 Å². The largest absolute Gasteiger partial charge is 0.469 e. The van der Waals surface area contributed by atoms with Crippen molar-refractivity contribution in [3.05, 3.63) is 60.6 Å². The predicted octanol–water partition coefficient (Wildman–Crippen LogP) is 25.0. The Bertz CT molecular complexity index is 1470. The molecule has 0 atom stereocenters. The molecule has 0 aromatic carbocycles. The molecule has 0 saturated heterocycles. The van der Waals surface area contributed by atoms with Crippen LogP contribution in [0.5, 0.6) is 0 Å². The summed E-state index contributed by atoms with van der Waals surface area (Å²) in [5, 5.41) is 0. The highest BCUT2D eigenvalue weighted by Crippen LogP contribution is 2.17. The molecule has 1 rings (SSSR count). The highest BCUT2D eigenvalue weighted by atomic mass is 16.6. The minimum atomic E-state index is -0.781. The van der Waals surface area contributed by atoms with Crippen LogP contribution < -0.4 is 0 Å². The maximum Gasteiger partial charge on any atom is 0.306 e. The van der Waals surface area contributed by atoms with E-state index in [1.54, 1.807) is 6.26 Å². The standard InChI is InChI=1S/C57H104O6.C19H34O/c1-4-7-10-13-16-19-22-25-28-31-34-37-40-43-46-49-55(58)61-52-54(63-57(60)51-48-45-42-39-36-33-30-27-24-21-18-15-12-9-6-3)53-62-56(59)50-47-44-41-38-35-32-29-26-23-20-17-14-11-8-5-2;1-2-3-4-5-6-7-8-9-10-11-12-13-14-16-19-17-15-18-20-19/h25-30,54H,4-24,31-53H2,1-3H3;15,17-18H,2-14,16H2,1H3/b28-25+,29-26+,30-27+;. The van der Waals surface area contributed by atoms with Crippen LogP contribution in [0.4, 0.5) is 0 Å². The third-order valence-electron chi connectivity index (χ3n) is 16.2. The molecule has 0 spiro atoms. The zero-order chi connectivity index (χ0) is 60.1. The molecule has 0 N–H and O–H groups in total. The van der Waals surface area contributed by atoms with Crippen molar-refractivity contribution < 1.29 is 33.0 Å². The fraction of sp³-hybridized carbons (Fsp3) is 0.829. The van der Waals surface area contributed by atoms with Gasteiger partial charge in [0.1, 0.15) is 19.0 Å². The molecule has 0 radical (unpaired) electrons. The van der Waals surface area contributed by atoms with E-state index in [9.17, 15) is 14.4 Å². The average molecular weight is 1160 g/mol. The molecule has 484 valence electrons. The fourth-order valence-electron chi connectivity index (χ4n) is 10.7. The predicted molar refractivity (Wildman–Crippen MR) is 358 cm³/mol. The number of allylic oxidation sites excluding steroid dienone is 6. The van der Waals surface area contributed by atoms with Gasteiger partial charge in [-0.2, -0.15) is 0 Å². The number of furan rings is 1. The number of rotatable bonds is 64. The molecular formula is C76H138O7. The Hall–Kier alpha value is -3.09. The molecule has 0 saturated carbocycles. The number of carbonyl (C=O) groups is 3. The summed E-state index contributed by atoms with van der Waals surface area (Å²) in [6.45, 7) is 8.91. The first-order valence-electron chi connectivity index (χ1n) is 36.4. The lowest BCUT2D eigenvalue weighted by Gasteiger charge is -2.18. The minimum Gasteiger partial charge on any atom is -0.469 e. The zero-order valence-corrected chi connectivity index (χ0v) is 55.6. The van der Waals surface area contributed by atoms with Gasteiger partial charge in [0.05, 0.1) is 6.26 Å². The third-order valence-corrected chi connectivity index (χ3v) is 16.2. The molecule has 7 nitrogen and oxygen atoms in total. The van der Waals surface area contributed by atoms with E-state index in [-0.39, 0.29) is 31.1 Å². The molecule has 0 aliphatic heterocycles. The highest BCUT2D eigenvalue weighted by molar-refractivity contribution is 5.71. The van der Waals surface area contributed by atoms with Gasteiger partial charge in [0, 0.05) is 25.7 Å². The van der Waals surface area contributed by atoms with Crippen LogP contribution in [0.2, 0.25) is 0 Å². The molecule has 0 fully saturated rings. The van der Waals surface area contributed by atoms with Crippen LogP contribution in [0, 0.1) is 0 Å². The van der Waals surface area contributed by atoms with Gasteiger partial charge in [0.15, 0.2) is 6.10 Å². The van der Waals surface area contributed by atoms with Crippen molar-refractivity contribution in [3.63, 3.8) is 0 Å².